The number of nitrogens with zero attached hydrogens (tertiary/aromatic N) is 6. The number of fused-ring (bicyclic) bond motifs is 2. The van der Waals surface area contributed by atoms with Crippen LogP contribution < -0.4 is 0 Å². The van der Waals surface area contributed by atoms with Gasteiger partial charge in [0.2, 0.25) is 0 Å². The Kier molecular flexibility index (Phi) is 3.91. The van der Waals surface area contributed by atoms with E-state index in [0.717, 1.165) is 33.4 Å². The number of halogens is 1. The molecule has 6 rings (SSSR count). The van der Waals surface area contributed by atoms with Gasteiger partial charge in [0, 0.05) is 47.4 Å². The maximum Gasteiger partial charge on any atom is 0.180 e. The smallest absolute Gasteiger partial charge is 0.180 e. The average Bonchev–Trinajstić information content (AvgIpc) is 3.50. The largest absolute Gasteiger partial charge is 0.333 e. The molecule has 0 saturated heterocycles. The summed E-state index contributed by atoms with van der Waals surface area (Å²) in [5.74, 6) is 0.205. The van der Waals surface area contributed by atoms with E-state index in [1.54, 1.807) is 31.0 Å². The lowest BCUT2D eigenvalue weighted by Gasteiger charge is -2.07. The molecule has 0 unspecified atom stereocenters. The van der Waals surface area contributed by atoms with E-state index in [2.05, 4.69) is 35.1 Å². The van der Waals surface area contributed by atoms with Crippen LogP contribution >= 0.6 is 0 Å². The maximum absolute atomic E-state index is 14.9. The lowest BCUT2D eigenvalue weighted by molar-refractivity contribution is 0.632. The van der Waals surface area contributed by atoms with Gasteiger partial charge in [-0.25, -0.2) is 19.3 Å². The number of rotatable bonds is 3. The Balaban J connectivity index is 1.54. The summed E-state index contributed by atoms with van der Waals surface area (Å²) < 4.78 is 16.8. The van der Waals surface area contributed by atoms with Crippen LogP contribution in [0.2, 0.25) is 0 Å². The monoisotopic (exact) mass is 424 g/mol. The molecule has 0 saturated carbocycles. The highest BCUT2D eigenvalue weighted by Crippen LogP contribution is 2.33. The van der Waals surface area contributed by atoms with Crippen molar-refractivity contribution in [2.24, 2.45) is 0 Å². The topological polar surface area (TPSA) is 101 Å². The van der Waals surface area contributed by atoms with Crippen molar-refractivity contribution in [3.05, 3.63) is 72.5 Å². The lowest BCUT2D eigenvalue weighted by atomic mass is 10.0. The molecule has 1 aromatic carbocycles. The van der Waals surface area contributed by atoms with Gasteiger partial charge in [0.25, 0.3) is 0 Å². The molecule has 32 heavy (non-hydrogen) atoms. The average molecular weight is 424 g/mol. The van der Waals surface area contributed by atoms with Crippen LogP contribution in [0.1, 0.15) is 11.3 Å². The van der Waals surface area contributed by atoms with Gasteiger partial charge in [0.05, 0.1) is 23.2 Å². The van der Waals surface area contributed by atoms with Crippen LogP contribution in [0.15, 0.2) is 55.4 Å². The van der Waals surface area contributed by atoms with E-state index in [-0.39, 0.29) is 5.82 Å². The second kappa shape index (κ2) is 6.81. The minimum absolute atomic E-state index is 0.340. The molecule has 0 amide bonds. The standard InChI is InChI=1S/C23H17FN8/c1-12-3-5-25-9-16(12)14-7-15-18(8-17(14)24)30-31-20(15)23-28-21-19(4-6-26-22(21)29-23)32-10-13(2)27-11-32/h3-11H,1-2H3,(H,30,31)(H,26,28,29). The zero-order valence-corrected chi connectivity index (χ0v) is 17.3. The molecule has 0 atom stereocenters. The van der Waals surface area contributed by atoms with Gasteiger partial charge in [-0.2, -0.15) is 5.10 Å². The first-order valence-corrected chi connectivity index (χ1v) is 10.0. The van der Waals surface area contributed by atoms with Gasteiger partial charge in [-0.1, -0.05) is 0 Å². The molecular weight excluding hydrogens is 407 g/mol. The summed E-state index contributed by atoms with van der Waals surface area (Å²) in [4.78, 5) is 20.8. The van der Waals surface area contributed by atoms with E-state index in [9.17, 15) is 4.39 Å². The number of pyridine rings is 2. The predicted molar refractivity (Wildman–Crippen MR) is 119 cm³/mol. The third-order valence-electron chi connectivity index (χ3n) is 5.56. The fourth-order valence-corrected chi connectivity index (χ4v) is 3.95. The van der Waals surface area contributed by atoms with Gasteiger partial charge >= 0.3 is 0 Å². The number of aromatic nitrogens is 8. The Labute approximate surface area is 181 Å². The van der Waals surface area contributed by atoms with Gasteiger partial charge in [0.15, 0.2) is 11.5 Å². The Bertz CT molecular complexity index is 1620. The molecule has 9 heteroatoms. The van der Waals surface area contributed by atoms with E-state index >= 15 is 0 Å². The third-order valence-corrected chi connectivity index (χ3v) is 5.56. The van der Waals surface area contributed by atoms with Crippen molar-refractivity contribution in [2.45, 2.75) is 13.8 Å². The summed E-state index contributed by atoms with van der Waals surface area (Å²) in [5, 5.41) is 8.08. The lowest BCUT2D eigenvalue weighted by Crippen LogP contribution is -1.92. The molecule has 8 nitrogen and oxygen atoms in total. The highest BCUT2D eigenvalue weighted by molar-refractivity contribution is 5.96. The Morgan fingerprint density at radius 3 is 2.75 bits per heavy atom. The van der Waals surface area contributed by atoms with Crippen molar-refractivity contribution in [1.82, 2.24) is 39.7 Å². The summed E-state index contributed by atoms with van der Waals surface area (Å²) >= 11 is 0. The minimum Gasteiger partial charge on any atom is -0.333 e. The van der Waals surface area contributed by atoms with E-state index in [1.165, 1.54) is 6.07 Å². The second-order valence-electron chi connectivity index (χ2n) is 7.68. The molecule has 5 heterocycles. The van der Waals surface area contributed by atoms with Crippen molar-refractivity contribution in [3.8, 4) is 28.3 Å². The number of H-pyrrole nitrogens is 2. The van der Waals surface area contributed by atoms with Gasteiger partial charge in [-0.05, 0) is 37.6 Å². The number of aryl methyl sites for hydroxylation is 2. The van der Waals surface area contributed by atoms with E-state index < -0.39 is 0 Å². The first-order valence-electron chi connectivity index (χ1n) is 10.0. The summed E-state index contributed by atoms with van der Waals surface area (Å²) in [6.45, 7) is 3.87. The Morgan fingerprint density at radius 2 is 1.94 bits per heavy atom. The minimum atomic E-state index is -0.340. The first-order chi connectivity index (χ1) is 15.6. The van der Waals surface area contributed by atoms with Crippen molar-refractivity contribution in [1.29, 1.82) is 0 Å². The zero-order chi connectivity index (χ0) is 21.8. The highest BCUT2D eigenvalue weighted by Gasteiger charge is 2.18. The number of hydrogen-bond donors (Lipinski definition) is 2. The van der Waals surface area contributed by atoms with Crippen LogP contribution in [0.4, 0.5) is 4.39 Å². The van der Waals surface area contributed by atoms with Crippen LogP contribution in [-0.2, 0) is 0 Å². The number of nitrogens with one attached hydrogen (secondary N) is 2. The summed E-state index contributed by atoms with van der Waals surface area (Å²) in [7, 11) is 0. The van der Waals surface area contributed by atoms with E-state index in [1.807, 2.05) is 36.7 Å². The summed E-state index contributed by atoms with van der Waals surface area (Å²) in [6, 6.07) is 6.99. The van der Waals surface area contributed by atoms with Gasteiger partial charge in [0.1, 0.15) is 17.0 Å². The molecule has 2 N–H and O–H groups in total. The normalized spacial score (nSPS) is 11.6. The van der Waals surface area contributed by atoms with Gasteiger partial charge in [-0.15, -0.1) is 0 Å². The fourth-order valence-electron chi connectivity index (χ4n) is 3.95. The molecule has 0 aliphatic carbocycles. The van der Waals surface area contributed by atoms with Crippen molar-refractivity contribution >= 4 is 22.1 Å². The van der Waals surface area contributed by atoms with Gasteiger partial charge in [-0.3, -0.25) is 10.1 Å². The molecule has 0 fully saturated rings. The molecule has 0 spiro atoms. The molecule has 0 aliphatic rings. The van der Waals surface area contributed by atoms with Crippen LogP contribution in [0.5, 0.6) is 0 Å². The molecular formula is C23H17FN8. The fraction of sp³-hybridized carbons (Fsp3) is 0.0870. The number of hydrogen-bond acceptors (Lipinski definition) is 5. The zero-order valence-electron chi connectivity index (χ0n) is 17.3. The number of imidazole rings is 2. The van der Waals surface area contributed by atoms with Gasteiger partial charge < -0.3 is 9.55 Å². The predicted octanol–water partition coefficient (Wildman–Crippen LogP) is 4.50. The van der Waals surface area contributed by atoms with Crippen molar-refractivity contribution in [2.75, 3.05) is 0 Å². The van der Waals surface area contributed by atoms with E-state index in [4.69, 9.17) is 0 Å². The summed E-state index contributed by atoms with van der Waals surface area (Å²) in [6.07, 6.45) is 8.76. The summed E-state index contributed by atoms with van der Waals surface area (Å²) in [5.41, 5.74) is 6.44. The van der Waals surface area contributed by atoms with Crippen LogP contribution in [0, 0.1) is 19.7 Å². The molecule has 0 aliphatic heterocycles. The first kappa shape index (κ1) is 18.4. The number of benzene rings is 1. The maximum atomic E-state index is 14.9. The molecule has 5 aromatic heterocycles. The van der Waals surface area contributed by atoms with Crippen LogP contribution in [0.25, 0.3) is 50.4 Å². The quantitative estimate of drug-likeness (QED) is 0.435. The molecule has 0 radical (unpaired) electrons. The molecule has 6 aromatic rings. The van der Waals surface area contributed by atoms with Crippen molar-refractivity contribution < 1.29 is 4.39 Å². The number of aromatic amines is 2. The molecule has 156 valence electrons. The second-order valence-corrected chi connectivity index (χ2v) is 7.68. The Morgan fingerprint density at radius 1 is 1.03 bits per heavy atom. The van der Waals surface area contributed by atoms with Crippen LogP contribution in [-0.4, -0.2) is 39.7 Å². The SMILES string of the molecule is Cc1cn(-c2ccnc3nc(-c4n[nH]c5cc(F)c(-c6cnccc6C)cc45)[nH]c23)cn1. The van der Waals surface area contributed by atoms with Crippen LogP contribution in [0.3, 0.4) is 0 Å². The highest BCUT2D eigenvalue weighted by atomic mass is 19.1. The van der Waals surface area contributed by atoms with E-state index in [0.29, 0.717) is 28.2 Å². The third kappa shape index (κ3) is 2.78. The Hall–Kier alpha value is -4.40. The molecule has 0 bridgehead atoms. The van der Waals surface area contributed by atoms with Crippen molar-refractivity contribution in [3.63, 3.8) is 0 Å².